The van der Waals surface area contributed by atoms with E-state index in [0.717, 1.165) is 24.2 Å². The van der Waals surface area contributed by atoms with Crippen molar-refractivity contribution in [2.45, 2.75) is 32.7 Å². The van der Waals surface area contributed by atoms with E-state index >= 15 is 0 Å². The molecule has 0 saturated carbocycles. The summed E-state index contributed by atoms with van der Waals surface area (Å²) in [5, 5.41) is 7.94. The van der Waals surface area contributed by atoms with Gasteiger partial charge >= 0.3 is 0 Å². The minimum Gasteiger partial charge on any atom is -0.379 e. The highest BCUT2D eigenvalue weighted by Crippen LogP contribution is 2.16. The lowest BCUT2D eigenvalue weighted by molar-refractivity contribution is 0.689. The van der Waals surface area contributed by atoms with E-state index in [9.17, 15) is 0 Å². The molecule has 0 aliphatic rings. The van der Waals surface area contributed by atoms with Gasteiger partial charge in [-0.1, -0.05) is 37.3 Å². The maximum Gasteiger partial charge on any atom is 0.0825 e. The first kappa shape index (κ1) is 12.7. The summed E-state index contributed by atoms with van der Waals surface area (Å²) in [6, 6.07) is 11.1. The van der Waals surface area contributed by atoms with E-state index in [1.807, 2.05) is 24.9 Å². The van der Waals surface area contributed by atoms with E-state index < -0.39 is 0 Å². The second kappa shape index (κ2) is 5.71. The lowest BCUT2D eigenvalue weighted by Crippen LogP contribution is -2.21. The van der Waals surface area contributed by atoms with Gasteiger partial charge in [0.2, 0.25) is 0 Å². The number of nitrogens with zero attached hydrogens (tertiary/aromatic N) is 2. The van der Waals surface area contributed by atoms with Crippen molar-refractivity contribution in [3.05, 3.63) is 47.8 Å². The maximum atomic E-state index is 4.36. The Morgan fingerprint density at radius 2 is 2.00 bits per heavy atom. The first-order chi connectivity index (χ1) is 8.69. The predicted octanol–water partition coefficient (Wildman–Crippen LogP) is 3.16. The molecule has 1 heterocycles. The number of benzene rings is 1. The van der Waals surface area contributed by atoms with Crippen molar-refractivity contribution >= 4 is 5.69 Å². The van der Waals surface area contributed by atoms with Crippen LogP contribution in [0.25, 0.3) is 0 Å². The molecule has 96 valence electrons. The number of hydrogen-bond acceptors (Lipinski definition) is 2. The van der Waals surface area contributed by atoms with Crippen LogP contribution in [-0.2, 0) is 13.5 Å². The second-order valence-corrected chi connectivity index (χ2v) is 4.74. The molecule has 0 bridgehead atoms. The average molecular weight is 243 g/mol. The third-order valence-electron chi connectivity index (χ3n) is 3.19. The van der Waals surface area contributed by atoms with E-state index in [0.29, 0.717) is 6.04 Å². The van der Waals surface area contributed by atoms with Crippen molar-refractivity contribution in [1.29, 1.82) is 0 Å². The minimum absolute atomic E-state index is 0.454. The molecule has 0 fully saturated rings. The fourth-order valence-corrected chi connectivity index (χ4v) is 2.16. The van der Waals surface area contributed by atoms with Crippen LogP contribution in [0.15, 0.2) is 36.5 Å². The van der Waals surface area contributed by atoms with Gasteiger partial charge in [0.1, 0.15) is 0 Å². The van der Waals surface area contributed by atoms with Gasteiger partial charge in [0.25, 0.3) is 0 Å². The average Bonchev–Trinajstić information content (AvgIpc) is 2.68. The topological polar surface area (TPSA) is 29.9 Å². The highest BCUT2D eigenvalue weighted by Gasteiger charge is 2.10. The molecule has 0 aliphatic carbocycles. The van der Waals surface area contributed by atoms with Gasteiger partial charge in [0.05, 0.1) is 11.4 Å². The Morgan fingerprint density at radius 1 is 1.28 bits per heavy atom. The molecule has 2 aromatic rings. The first-order valence-electron chi connectivity index (χ1n) is 6.49. The van der Waals surface area contributed by atoms with Crippen LogP contribution in [0.2, 0.25) is 0 Å². The molecule has 1 aromatic carbocycles. The second-order valence-electron chi connectivity index (χ2n) is 4.74. The highest BCUT2D eigenvalue weighted by molar-refractivity contribution is 5.46. The molecule has 2 rings (SSSR count). The van der Waals surface area contributed by atoms with Crippen molar-refractivity contribution in [2.75, 3.05) is 5.32 Å². The van der Waals surface area contributed by atoms with Gasteiger partial charge in [0.15, 0.2) is 0 Å². The van der Waals surface area contributed by atoms with Crippen LogP contribution in [0.4, 0.5) is 5.69 Å². The lowest BCUT2D eigenvalue weighted by atomic mass is 10.0. The molecule has 0 amide bonds. The van der Waals surface area contributed by atoms with Crippen molar-refractivity contribution < 1.29 is 0 Å². The predicted molar refractivity (Wildman–Crippen MR) is 75.8 cm³/mol. The molecule has 1 atom stereocenters. The van der Waals surface area contributed by atoms with Gasteiger partial charge in [-0.15, -0.1) is 0 Å². The monoisotopic (exact) mass is 243 g/mol. The summed E-state index contributed by atoms with van der Waals surface area (Å²) < 4.78 is 1.85. The quantitative estimate of drug-likeness (QED) is 0.874. The molecule has 1 N–H and O–H groups in total. The van der Waals surface area contributed by atoms with Gasteiger partial charge in [-0.25, -0.2) is 0 Å². The number of aryl methyl sites for hydroxylation is 2. The smallest absolute Gasteiger partial charge is 0.0825 e. The van der Waals surface area contributed by atoms with Crippen molar-refractivity contribution in [3.63, 3.8) is 0 Å². The van der Waals surface area contributed by atoms with Crippen LogP contribution < -0.4 is 5.32 Å². The van der Waals surface area contributed by atoms with E-state index in [-0.39, 0.29) is 0 Å². The highest BCUT2D eigenvalue weighted by atomic mass is 15.3. The number of hydrogen-bond donors (Lipinski definition) is 1. The zero-order chi connectivity index (χ0) is 13.0. The molecular weight excluding hydrogens is 222 g/mol. The van der Waals surface area contributed by atoms with Crippen LogP contribution >= 0.6 is 0 Å². The fraction of sp³-hybridized carbons (Fsp3) is 0.400. The largest absolute Gasteiger partial charge is 0.379 e. The molecule has 0 radical (unpaired) electrons. The first-order valence-corrected chi connectivity index (χ1v) is 6.49. The molecule has 0 spiro atoms. The number of nitrogens with one attached hydrogen (secondary N) is 1. The Bertz CT molecular complexity index is 488. The van der Waals surface area contributed by atoms with E-state index in [1.54, 1.807) is 0 Å². The van der Waals surface area contributed by atoms with Crippen LogP contribution in [-0.4, -0.2) is 15.8 Å². The van der Waals surface area contributed by atoms with E-state index in [2.05, 4.69) is 47.7 Å². The van der Waals surface area contributed by atoms with Crippen molar-refractivity contribution in [1.82, 2.24) is 9.78 Å². The number of aromatic nitrogens is 2. The van der Waals surface area contributed by atoms with Crippen LogP contribution in [0.1, 0.15) is 24.6 Å². The van der Waals surface area contributed by atoms with Crippen molar-refractivity contribution in [2.24, 2.45) is 7.05 Å². The summed E-state index contributed by atoms with van der Waals surface area (Å²) in [6.07, 6.45) is 4.19. The lowest BCUT2D eigenvalue weighted by Gasteiger charge is -2.17. The van der Waals surface area contributed by atoms with E-state index in [4.69, 9.17) is 0 Å². The van der Waals surface area contributed by atoms with Crippen molar-refractivity contribution in [3.8, 4) is 0 Å². The third kappa shape index (κ3) is 3.13. The number of anilines is 1. The summed E-state index contributed by atoms with van der Waals surface area (Å²) in [5.74, 6) is 0. The molecule has 0 saturated heterocycles. The normalized spacial score (nSPS) is 12.4. The van der Waals surface area contributed by atoms with E-state index in [1.165, 1.54) is 5.56 Å². The molecule has 3 nitrogen and oxygen atoms in total. The Balaban J connectivity index is 2.04. The summed E-state index contributed by atoms with van der Waals surface area (Å²) in [5.41, 5.74) is 3.57. The van der Waals surface area contributed by atoms with Crippen LogP contribution in [0.5, 0.6) is 0 Å². The zero-order valence-electron chi connectivity index (χ0n) is 11.4. The maximum absolute atomic E-state index is 4.36. The summed E-state index contributed by atoms with van der Waals surface area (Å²) in [7, 11) is 1.95. The Kier molecular flexibility index (Phi) is 4.03. The standard InChI is InChI=1S/C15H21N3/c1-4-14(10-13-8-6-5-7-9-13)16-15-11-18(3)17-12(15)2/h5-9,11,14,16H,4,10H2,1-3H3. The molecule has 1 unspecified atom stereocenters. The summed E-state index contributed by atoms with van der Waals surface area (Å²) >= 11 is 0. The van der Waals surface area contributed by atoms with Gasteiger partial charge in [-0.3, -0.25) is 4.68 Å². The SMILES string of the molecule is CCC(Cc1ccccc1)Nc1cn(C)nc1C. The molecular formula is C15H21N3. The summed E-state index contributed by atoms with van der Waals surface area (Å²) in [6.45, 7) is 4.25. The van der Waals surface area contributed by atoms with Crippen LogP contribution in [0, 0.1) is 6.92 Å². The zero-order valence-corrected chi connectivity index (χ0v) is 11.4. The molecule has 1 aromatic heterocycles. The Morgan fingerprint density at radius 3 is 2.56 bits per heavy atom. The van der Waals surface area contributed by atoms with Gasteiger partial charge in [-0.05, 0) is 25.3 Å². The molecule has 18 heavy (non-hydrogen) atoms. The van der Waals surface area contributed by atoms with Gasteiger partial charge in [-0.2, -0.15) is 5.10 Å². The summed E-state index contributed by atoms with van der Waals surface area (Å²) in [4.78, 5) is 0. The fourth-order valence-electron chi connectivity index (χ4n) is 2.16. The third-order valence-corrected chi connectivity index (χ3v) is 3.19. The van der Waals surface area contributed by atoms with Crippen LogP contribution in [0.3, 0.4) is 0 Å². The molecule has 3 heteroatoms. The Labute approximate surface area is 109 Å². The van der Waals surface area contributed by atoms with Gasteiger partial charge < -0.3 is 5.32 Å². The number of rotatable bonds is 5. The Hall–Kier alpha value is -1.77. The van der Waals surface area contributed by atoms with Gasteiger partial charge in [0, 0.05) is 19.3 Å². The molecule has 0 aliphatic heterocycles. The minimum atomic E-state index is 0.454.